The first-order valence-corrected chi connectivity index (χ1v) is 8.64. The summed E-state index contributed by atoms with van der Waals surface area (Å²) >= 11 is 0. The van der Waals surface area contributed by atoms with Gasteiger partial charge in [0.05, 0.1) is 18.1 Å². The van der Waals surface area contributed by atoms with Crippen LogP contribution in [-0.2, 0) is 9.53 Å². The molecule has 3 heteroatoms. The molecule has 1 aliphatic carbocycles. The Hall–Kier alpha value is -1.35. The van der Waals surface area contributed by atoms with Crippen LogP contribution in [0.25, 0.3) is 0 Å². The fraction of sp³-hybridized carbons (Fsp3) is 0.632. The Morgan fingerprint density at radius 3 is 2.86 bits per heavy atom. The minimum absolute atomic E-state index is 0.0948. The van der Waals surface area contributed by atoms with Gasteiger partial charge in [-0.1, -0.05) is 29.8 Å². The van der Waals surface area contributed by atoms with E-state index in [1.165, 1.54) is 17.5 Å². The van der Waals surface area contributed by atoms with Crippen molar-refractivity contribution in [2.24, 2.45) is 11.8 Å². The topological polar surface area (TPSA) is 38.3 Å². The van der Waals surface area contributed by atoms with Crippen LogP contribution in [0.2, 0.25) is 0 Å². The van der Waals surface area contributed by atoms with Crippen molar-refractivity contribution >= 4 is 5.91 Å². The van der Waals surface area contributed by atoms with Crippen LogP contribution in [-0.4, -0.2) is 24.2 Å². The Bertz CT molecular complexity index is 585. The lowest BCUT2D eigenvalue weighted by Crippen LogP contribution is -2.41. The van der Waals surface area contributed by atoms with E-state index in [0.29, 0.717) is 17.9 Å². The highest BCUT2D eigenvalue weighted by Crippen LogP contribution is 2.49. The van der Waals surface area contributed by atoms with Crippen LogP contribution < -0.4 is 5.32 Å². The SMILES string of the molecule is Cc1cccc([C@@H]2C[C@@H]2[C@@H](C)NC(=O)[C@H]2C[C@H]3CC[C@H]2O3)c1. The lowest BCUT2D eigenvalue weighted by Gasteiger charge is -2.21. The van der Waals surface area contributed by atoms with Crippen LogP contribution in [0, 0.1) is 18.8 Å². The largest absolute Gasteiger partial charge is 0.374 e. The first kappa shape index (κ1) is 14.3. The third-order valence-electron chi connectivity index (χ3n) is 5.77. The number of fused-ring (bicyclic) bond motifs is 2. The molecular formula is C19H25NO2. The summed E-state index contributed by atoms with van der Waals surface area (Å²) in [6, 6.07) is 9.04. The number of ether oxygens (including phenoxy) is 1. The summed E-state index contributed by atoms with van der Waals surface area (Å²) in [7, 11) is 0. The molecule has 1 saturated carbocycles. The molecule has 1 aromatic rings. The molecule has 1 amide bonds. The molecule has 4 rings (SSSR count). The molecule has 0 unspecified atom stereocenters. The number of carbonyl (C=O) groups excluding carboxylic acids is 1. The molecule has 0 aromatic heterocycles. The van der Waals surface area contributed by atoms with Crippen molar-refractivity contribution in [1.82, 2.24) is 5.32 Å². The Labute approximate surface area is 132 Å². The van der Waals surface area contributed by atoms with Crippen molar-refractivity contribution < 1.29 is 9.53 Å². The van der Waals surface area contributed by atoms with Crippen molar-refractivity contribution in [2.45, 2.75) is 63.7 Å². The molecular weight excluding hydrogens is 274 g/mol. The summed E-state index contributed by atoms with van der Waals surface area (Å²) in [6.45, 7) is 4.30. The molecule has 0 radical (unpaired) electrons. The van der Waals surface area contributed by atoms with Gasteiger partial charge >= 0.3 is 0 Å². The molecule has 0 spiro atoms. The lowest BCUT2D eigenvalue weighted by atomic mass is 9.88. The van der Waals surface area contributed by atoms with E-state index in [4.69, 9.17) is 4.74 Å². The third kappa shape index (κ3) is 2.56. The lowest BCUT2D eigenvalue weighted by molar-refractivity contribution is -0.127. The second-order valence-electron chi connectivity index (χ2n) is 7.43. The summed E-state index contributed by atoms with van der Waals surface area (Å²) < 4.78 is 5.81. The number of rotatable bonds is 4. The zero-order valence-corrected chi connectivity index (χ0v) is 13.4. The van der Waals surface area contributed by atoms with Crippen molar-refractivity contribution in [2.75, 3.05) is 0 Å². The molecule has 2 saturated heterocycles. The molecule has 1 aromatic carbocycles. The van der Waals surface area contributed by atoms with Gasteiger partial charge in [-0.05, 0) is 56.9 Å². The van der Waals surface area contributed by atoms with Gasteiger partial charge in [-0.3, -0.25) is 4.79 Å². The fourth-order valence-corrected chi connectivity index (χ4v) is 4.40. The van der Waals surface area contributed by atoms with Gasteiger partial charge in [0, 0.05) is 6.04 Å². The summed E-state index contributed by atoms with van der Waals surface area (Å²) in [5, 5.41) is 3.26. The minimum Gasteiger partial charge on any atom is -0.374 e. The van der Waals surface area contributed by atoms with Crippen LogP contribution in [0.5, 0.6) is 0 Å². The molecule has 118 valence electrons. The molecule has 22 heavy (non-hydrogen) atoms. The first-order valence-electron chi connectivity index (χ1n) is 8.64. The highest BCUT2D eigenvalue weighted by atomic mass is 16.5. The van der Waals surface area contributed by atoms with E-state index in [0.717, 1.165) is 19.3 Å². The van der Waals surface area contributed by atoms with Crippen molar-refractivity contribution in [3.63, 3.8) is 0 Å². The van der Waals surface area contributed by atoms with Gasteiger partial charge in [-0.25, -0.2) is 0 Å². The van der Waals surface area contributed by atoms with Gasteiger partial charge in [-0.2, -0.15) is 0 Å². The molecule has 3 fully saturated rings. The zero-order chi connectivity index (χ0) is 15.3. The van der Waals surface area contributed by atoms with Crippen molar-refractivity contribution in [3.05, 3.63) is 35.4 Å². The normalized spacial score (nSPS) is 37.1. The number of hydrogen-bond donors (Lipinski definition) is 1. The Kier molecular flexibility index (Phi) is 3.48. The van der Waals surface area contributed by atoms with Gasteiger partial charge in [0.25, 0.3) is 0 Å². The molecule has 3 nitrogen and oxygen atoms in total. The van der Waals surface area contributed by atoms with E-state index < -0.39 is 0 Å². The molecule has 2 aliphatic heterocycles. The Morgan fingerprint density at radius 1 is 1.32 bits per heavy atom. The van der Waals surface area contributed by atoms with Crippen molar-refractivity contribution in [1.29, 1.82) is 0 Å². The second kappa shape index (κ2) is 5.38. The maximum Gasteiger partial charge on any atom is 0.226 e. The zero-order valence-electron chi connectivity index (χ0n) is 13.4. The number of hydrogen-bond acceptors (Lipinski definition) is 2. The average Bonchev–Trinajstić information content (AvgIpc) is 3.03. The number of amides is 1. The van der Waals surface area contributed by atoms with E-state index >= 15 is 0 Å². The monoisotopic (exact) mass is 299 g/mol. The van der Waals surface area contributed by atoms with E-state index in [1.54, 1.807) is 0 Å². The summed E-state index contributed by atoms with van der Waals surface area (Å²) in [4.78, 5) is 12.5. The predicted molar refractivity (Wildman–Crippen MR) is 85.6 cm³/mol. The van der Waals surface area contributed by atoms with Crippen LogP contribution in [0.1, 0.15) is 49.7 Å². The van der Waals surface area contributed by atoms with E-state index in [9.17, 15) is 4.79 Å². The van der Waals surface area contributed by atoms with E-state index in [-0.39, 0.29) is 24.0 Å². The van der Waals surface area contributed by atoms with E-state index in [2.05, 4.69) is 43.4 Å². The second-order valence-corrected chi connectivity index (χ2v) is 7.43. The van der Waals surface area contributed by atoms with Gasteiger partial charge in [0.2, 0.25) is 5.91 Å². The van der Waals surface area contributed by atoms with E-state index in [1.807, 2.05) is 0 Å². The number of nitrogens with one attached hydrogen (secondary N) is 1. The fourth-order valence-electron chi connectivity index (χ4n) is 4.40. The highest BCUT2D eigenvalue weighted by Gasteiger charge is 2.47. The van der Waals surface area contributed by atoms with Gasteiger partial charge < -0.3 is 10.1 Å². The van der Waals surface area contributed by atoms with Gasteiger partial charge in [-0.15, -0.1) is 0 Å². The maximum absolute atomic E-state index is 12.5. The van der Waals surface area contributed by atoms with Crippen molar-refractivity contribution in [3.8, 4) is 0 Å². The van der Waals surface area contributed by atoms with Crippen LogP contribution in [0.3, 0.4) is 0 Å². The number of benzene rings is 1. The number of aryl methyl sites for hydroxylation is 1. The summed E-state index contributed by atoms with van der Waals surface area (Å²) in [6.07, 6.45) is 4.85. The molecule has 3 aliphatic rings. The highest BCUT2D eigenvalue weighted by molar-refractivity contribution is 5.80. The maximum atomic E-state index is 12.5. The van der Waals surface area contributed by atoms with Crippen LogP contribution in [0.15, 0.2) is 24.3 Å². The molecule has 2 heterocycles. The molecule has 2 bridgehead atoms. The standard InChI is InChI=1S/C19H25NO2/c1-11-4-3-5-13(8-11)16-10-15(16)12(2)20-19(21)17-9-14-6-7-18(17)22-14/h3-5,8,12,14-18H,6-7,9-10H2,1-2H3,(H,20,21)/t12-,14-,15-,16+,17+,18-/m1/s1. The summed E-state index contributed by atoms with van der Waals surface area (Å²) in [5.41, 5.74) is 2.74. The first-order chi connectivity index (χ1) is 10.6. The molecule has 6 atom stereocenters. The molecule has 1 N–H and O–H groups in total. The quantitative estimate of drug-likeness (QED) is 0.927. The Morgan fingerprint density at radius 2 is 2.18 bits per heavy atom. The minimum atomic E-state index is 0.0948. The van der Waals surface area contributed by atoms with Crippen LogP contribution in [0.4, 0.5) is 0 Å². The Balaban J connectivity index is 1.34. The summed E-state index contributed by atoms with van der Waals surface area (Å²) in [5.74, 6) is 1.52. The smallest absolute Gasteiger partial charge is 0.226 e. The van der Waals surface area contributed by atoms with Crippen LogP contribution >= 0.6 is 0 Å². The van der Waals surface area contributed by atoms with Gasteiger partial charge in [0.15, 0.2) is 0 Å². The average molecular weight is 299 g/mol. The predicted octanol–water partition coefficient (Wildman–Crippen LogP) is 3.17. The number of carbonyl (C=O) groups is 1. The van der Waals surface area contributed by atoms with Gasteiger partial charge in [0.1, 0.15) is 0 Å². The third-order valence-corrected chi connectivity index (χ3v) is 5.77.